The minimum absolute atomic E-state index is 0.0808. The minimum Gasteiger partial charge on any atom is -0.365 e. The van der Waals surface area contributed by atoms with Crippen LogP contribution in [0.15, 0.2) is 29.2 Å². The molecule has 2 amide bonds. The number of likely N-dealkylation sites (N-methyl/N-ethyl adjacent to an activating group) is 1. The van der Waals surface area contributed by atoms with Crippen LogP contribution in [0, 0.1) is 5.92 Å². The van der Waals surface area contributed by atoms with E-state index in [1.165, 1.54) is 39.9 Å². The number of hydrogen-bond acceptors (Lipinski definition) is 6. The lowest BCUT2D eigenvalue weighted by atomic mass is 9.98. The molecule has 0 bridgehead atoms. The van der Waals surface area contributed by atoms with Gasteiger partial charge < -0.3 is 11.1 Å². The van der Waals surface area contributed by atoms with Gasteiger partial charge in [0.05, 0.1) is 16.4 Å². The molecule has 1 fully saturated rings. The maximum absolute atomic E-state index is 13.1. The Hall–Kier alpha value is -1.98. The molecule has 0 saturated carbocycles. The zero-order valence-electron chi connectivity index (χ0n) is 18.3. The number of nitrogens with one attached hydrogen (secondary N) is 1. The standard InChI is InChI=1S/C22H27ClN4O4S2/c1-2-26-11-9-17-18(13-26)32-22(19(17)20(24)28)25-21(29)14-4-3-10-27(12-14)33(30,31)16-7-5-15(23)6-8-16/h5-8,14H,2-4,9-13H2,1H3,(H2,24,28)(H,25,29). The molecule has 11 heteroatoms. The van der Waals surface area contributed by atoms with Crippen molar-refractivity contribution >= 4 is 49.8 Å². The third-order valence-electron chi connectivity index (χ3n) is 6.27. The number of anilines is 1. The van der Waals surface area contributed by atoms with E-state index in [2.05, 4.69) is 17.1 Å². The van der Waals surface area contributed by atoms with Crippen LogP contribution in [0.3, 0.4) is 0 Å². The summed E-state index contributed by atoms with van der Waals surface area (Å²) in [6.45, 7) is 4.99. The lowest BCUT2D eigenvalue weighted by molar-refractivity contribution is -0.120. The summed E-state index contributed by atoms with van der Waals surface area (Å²) in [5.41, 5.74) is 6.97. The Morgan fingerprint density at radius 1 is 1.24 bits per heavy atom. The van der Waals surface area contributed by atoms with E-state index in [-0.39, 0.29) is 17.3 Å². The fourth-order valence-electron chi connectivity index (χ4n) is 4.42. The minimum atomic E-state index is -3.73. The molecule has 8 nitrogen and oxygen atoms in total. The number of rotatable bonds is 6. The Morgan fingerprint density at radius 3 is 2.64 bits per heavy atom. The summed E-state index contributed by atoms with van der Waals surface area (Å²) in [5, 5.41) is 3.81. The molecule has 1 unspecified atom stereocenters. The number of carbonyl (C=O) groups is 2. The number of carbonyl (C=O) groups excluding carboxylic acids is 2. The fourth-order valence-corrected chi connectivity index (χ4v) is 7.37. The molecule has 4 rings (SSSR count). The normalized spacial score (nSPS) is 19.8. The first-order valence-corrected chi connectivity index (χ1v) is 13.6. The summed E-state index contributed by atoms with van der Waals surface area (Å²) in [7, 11) is -3.73. The summed E-state index contributed by atoms with van der Waals surface area (Å²) >= 11 is 7.27. The van der Waals surface area contributed by atoms with Crippen LogP contribution in [0.5, 0.6) is 0 Å². The molecule has 3 heterocycles. The molecule has 1 atom stereocenters. The SMILES string of the molecule is CCN1CCc2c(sc(NC(=O)C3CCCN(S(=O)(=O)c4ccc(Cl)cc4)C3)c2C(N)=O)C1. The Morgan fingerprint density at radius 2 is 1.97 bits per heavy atom. The van der Waals surface area contributed by atoms with Gasteiger partial charge in [0.1, 0.15) is 5.00 Å². The van der Waals surface area contributed by atoms with Gasteiger partial charge in [-0.2, -0.15) is 4.31 Å². The van der Waals surface area contributed by atoms with E-state index in [9.17, 15) is 18.0 Å². The van der Waals surface area contributed by atoms with Gasteiger partial charge in [-0.3, -0.25) is 14.5 Å². The Kier molecular flexibility index (Phi) is 7.11. The number of thiophene rings is 1. The number of benzene rings is 1. The number of primary amides is 1. The molecule has 178 valence electrons. The largest absolute Gasteiger partial charge is 0.365 e. The highest BCUT2D eigenvalue weighted by molar-refractivity contribution is 7.89. The van der Waals surface area contributed by atoms with E-state index in [0.29, 0.717) is 41.4 Å². The van der Waals surface area contributed by atoms with Crippen molar-refractivity contribution in [1.82, 2.24) is 9.21 Å². The van der Waals surface area contributed by atoms with E-state index < -0.39 is 21.8 Å². The Bertz CT molecular complexity index is 1160. The third kappa shape index (κ3) is 4.95. The van der Waals surface area contributed by atoms with Gasteiger partial charge >= 0.3 is 0 Å². The summed E-state index contributed by atoms with van der Waals surface area (Å²) in [5.74, 6) is -1.37. The smallest absolute Gasteiger partial charge is 0.251 e. The zero-order chi connectivity index (χ0) is 23.8. The van der Waals surface area contributed by atoms with Crippen molar-refractivity contribution in [3.63, 3.8) is 0 Å². The molecule has 2 aliphatic heterocycles. The number of amides is 2. The van der Waals surface area contributed by atoms with Gasteiger partial charge in [-0.05, 0) is 55.6 Å². The molecule has 2 aromatic rings. The highest BCUT2D eigenvalue weighted by atomic mass is 35.5. The van der Waals surface area contributed by atoms with Crippen LogP contribution in [-0.4, -0.2) is 55.6 Å². The Balaban J connectivity index is 1.52. The molecular weight excluding hydrogens is 484 g/mol. The van der Waals surface area contributed by atoms with E-state index in [1.807, 2.05) is 0 Å². The zero-order valence-corrected chi connectivity index (χ0v) is 20.7. The number of nitrogens with two attached hydrogens (primary N) is 1. The van der Waals surface area contributed by atoms with Crippen LogP contribution in [-0.2, 0) is 27.8 Å². The van der Waals surface area contributed by atoms with Crippen LogP contribution in [0.2, 0.25) is 5.02 Å². The van der Waals surface area contributed by atoms with Gasteiger partial charge in [0.2, 0.25) is 15.9 Å². The van der Waals surface area contributed by atoms with Crippen LogP contribution in [0.4, 0.5) is 5.00 Å². The molecule has 1 aromatic heterocycles. The summed E-state index contributed by atoms with van der Waals surface area (Å²) < 4.78 is 27.4. The van der Waals surface area contributed by atoms with Gasteiger partial charge in [-0.15, -0.1) is 11.3 Å². The Labute approximate surface area is 202 Å². The number of piperidine rings is 1. The van der Waals surface area contributed by atoms with E-state index in [4.69, 9.17) is 17.3 Å². The van der Waals surface area contributed by atoms with Crippen molar-refractivity contribution in [3.05, 3.63) is 45.3 Å². The molecule has 0 aliphatic carbocycles. The van der Waals surface area contributed by atoms with Gasteiger partial charge in [-0.25, -0.2) is 8.42 Å². The van der Waals surface area contributed by atoms with Crippen LogP contribution in [0.1, 0.15) is 40.6 Å². The second-order valence-electron chi connectivity index (χ2n) is 8.34. The van der Waals surface area contributed by atoms with Crippen LogP contribution >= 0.6 is 22.9 Å². The highest BCUT2D eigenvalue weighted by Gasteiger charge is 2.34. The van der Waals surface area contributed by atoms with Crippen LogP contribution in [0.25, 0.3) is 0 Å². The summed E-state index contributed by atoms with van der Waals surface area (Å²) in [6, 6.07) is 6.00. The van der Waals surface area contributed by atoms with E-state index >= 15 is 0 Å². The lowest BCUT2D eigenvalue weighted by Crippen LogP contribution is -2.43. The number of nitrogens with zero attached hydrogens (tertiary/aromatic N) is 2. The number of hydrogen-bond donors (Lipinski definition) is 2. The second-order valence-corrected chi connectivity index (χ2v) is 11.8. The maximum Gasteiger partial charge on any atom is 0.251 e. The van der Waals surface area contributed by atoms with E-state index in [1.54, 1.807) is 0 Å². The molecular formula is C22H27ClN4O4S2. The molecule has 1 saturated heterocycles. The predicted molar refractivity (Wildman–Crippen MR) is 129 cm³/mol. The number of sulfonamides is 1. The first-order valence-electron chi connectivity index (χ1n) is 10.9. The number of halogens is 1. The van der Waals surface area contributed by atoms with Crippen molar-refractivity contribution in [1.29, 1.82) is 0 Å². The van der Waals surface area contributed by atoms with Crippen molar-refractivity contribution < 1.29 is 18.0 Å². The van der Waals surface area contributed by atoms with Crippen molar-refractivity contribution in [2.45, 2.75) is 37.6 Å². The molecule has 1 aromatic carbocycles. The first kappa shape index (κ1) is 24.2. The molecule has 2 aliphatic rings. The van der Waals surface area contributed by atoms with Crippen LogP contribution < -0.4 is 11.1 Å². The molecule has 33 heavy (non-hydrogen) atoms. The topological polar surface area (TPSA) is 113 Å². The average molecular weight is 511 g/mol. The average Bonchev–Trinajstić information content (AvgIpc) is 3.16. The van der Waals surface area contributed by atoms with E-state index in [0.717, 1.165) is 30.1 Å². The summed E-state index contributed by atoms with van der Waals surface area (Å²) in [6.07, 6.45) is 1.85. The maximum atomic E-state index is 13.1. The van der Waals surface area contributed by atoms with Crippen molar-refractivity contribution in [3.8, 4) is 0 Å². The molecule has 3 N–H and O–H groups in total. The van der Waals surface area contributed by atoms with Crippen molar-refractivity contribution in [2.75, 3.05) is 31.5 Å². The fraction of sp³-hybridized carbons (Fsp3) is 0.455. The van der Waals surface area contributed by atoms with Crippen molar-refractivity contribution in [2.24, 2.45) is 11.7 Å². The first-order chi connectivity index (χ1) is 15.7. The summed E-state index contributed by atoms with van der Waals surface area (Å²) in [4.78, 5) is 28.8. The third-order valence-corrected chi connectivity index (χ3v) is 9.54. The quantitative estimate of drug-likeness (QED) is 0.620. The lowest BCUT2D eigenvalue weighted by Gasteiger charge is -2.31. The second kappa shape index (κ2) is 9.71. The highest BCUT2D eigenvalue weighted by Crippen LogP contribution is 2.37. The van der Waals surface area contributed by atoms with Gasteiger partial charge in [0, 0.05) is 36.1 Å². The van der Waals surface area contributed by atoms with Gasteiger partial charge in [0.15, 0.2) is 0 Å². The van der Waals surface area contributed by atoms with Gasteiger partial charge in [0.25, 0.3) is 5.91 Å². The predicted octanol–water partition coefficient (Wildman–Crippen LogP) is 2.92. The monoisotopic (exact) mass is 510 g/mol. The molecule has 0 spiro atoms. The molecule has 0 radical (unpaired) electrons. The van der Waals surface area contributed by atoms with Gasteiger partial charge in [-0.1, -0.05) is 18.5 Å². The number of fused-ring (bicyclic) bond motifs is 1.